The maximum Gasteiger partial charge on any atom is 0.238 e. The molecule has 12 heavy (non-hydrogen) atoms. The molecule has 0 spiro atoms. The third-order valence-corrected chi connectivity index (χ3v) is 2.79. The van der Waals surface area contributed by atoms with Gasteiger partial charge in [0.25, 0.3) is 0 Å². The molecule has 0 bridgehead atoms. The van der Waals surface area contributed by atoms with Crippen LogP contribution in [0, 0.1) is 0 Å². The fourth-order valence-electron chi connectivity index (χ4n) is 1.41. The summed E-state index contributed by atoms with van der Waals surface area (Å²) in [5.41, 5.74) is 5.51. The van der Waals surface area contributed by atoms with Crippen molar-refractivity contribution in [2.24, 2.45) is 0 Å². The fourth-order valence-corrected chi connectivity index (χ4v) is 1.80. The lowest BCUT2D eigenvalue weighted by molar-refractivity contribution is 0.436. The maximum atomic E-state index is 5.51. The van der Waals surface area contributed by atoms with Crippen LogP contribution in [0.4, 0.5) is 11.7 Å². The first kappa shape index (κ1) is 7.91. The normalized spacial score (nSPS) is 17.2. The molecule has 1 aliphatic rings. The molecule has 1 saturated heterocycles. The number of anilines is 2. The Morgan fingerprint density at radius 3 is 2.58 bits per heavy atom. The van der Waals surface area contributed by atoms with Gasteiger partial charge in [0.05, 0.1) is 0 Å². The summed E-state index contributed by atoms with van der Waals surface area (Å²) >= 11 is 3.34. The minimum absolute atomic E-state index is 0.358. The lowest BCUT2D eigenvalue weighted by Gasteiger charge is -2.12. The summed E-state index contributed by atoms with van der Waals surface area (Å²) in [5.74, 6) is 1.20. The van der Waals surface area contributed by atoms with Crippen LogP contribution in [0.15, 0.2) is 9.00 Å². The molecule has 2 rings (SSSR count). The smallest absolute Gasteiger partial charge is 0.238 e. The predicted octanol–water partition coefficient (Wildman–Crippen LogP) is 1.62. The van der Waals surface area contributed by atoms with Crippen LogP contribution < -0.4 is 10.6 Å². The molecule has 0 aromatic carbocycles. The Morgan fingerprint density at radius 2 is 2.08 bits per heavy atom. The van der Waals surface area contributed by atoms with E-state index < -0.39 is 0 Å². The van der Waals surface area contributed by atoms with Crippen LogP contribution in [-0.2, 0) is 0 Å². The zero-order chi connectivity index (χ0) is 8.55. The molecule has 0 amide bonds. The minimum Gasteiger partial charge on any atom is -0.367 e. The van der Waals surface area contributed by atoms with Gasteiger partial charge >= 0.3 is 0 Å². The van der Waals surface area contributed by atoms with Crippen LogP contribution in [0.5, 0.6) is 0 Å². The molecule has 1 aromatic heterocycles. The van der Waals surface area contributed by atoms with E-state index in [0.717, 1.165) is 23.4 Å². The number of nitrogens with two attached hydrogens (primary N) is 1. The van der Waals surface area contributed by atoms with Gasteiger partial charge in [-0.05, 0) is 28.8 Å². The van der Waals surface area contributed by atoms with Gasteiger partial charge < -0.3 is 15.2 Å². The minimum atomic E-state index is 0.358. The average Bonchev–Trinajstić information content (AvgIpc) is 2.64. The first-order valence-electron chi connectivity index (χ1n) is 3.94. The van der Waals surface area contributed by atoms with Crippen molar-refractivity contribution in [3.05, 3.63) is 4.47 Å². The van der Waals surface area contributed by atoms with Crippen molar-refractivity contribution < 1.29 is 4.52 Å². The van der Waals surface area contributed by atoms with Gasteiger partial charge in [-0.2, -0.15) is 0 Å². The van der Waals surface area contributed by atoms with Crippen LogP contribution in [0.2, 0.25) is 0 Å². The van der Waals surface area contributed by atoms with E-state index in [1.54, 1.807) is 0 Å². The largest absolute Gasteiger partial charge is 0.367 e. The quantitative estimate of drug-likeness (QED) is 0.799. The van der Waals surface area contributed by atoms with E-state index >= 15 is 0 Å². The Morgan fingerprint density at radius 1 is 1.42 bits per heavy atom. The van der Waals surface area contributed by atoms with Gasteiger partial charge in [0.1, 0.15) is 4.47 Å². The highest BCUT2D eigenvalue weighted by molar-refractivity contribution is 9.10. The van der Waals surface area contributed by atoms with Gasteiger partial charge in [-0.25, -0.2) is 0 Å². The van der Waals surface area contributed by atoms with Crippen LogP contribution in [-0.4, -0.2) is 18.2 Å². The van der Waals surface area contributed by atoms with Crippen LogP contribution in [0.1, 0.15) is 12.8 Å². The van der Waals surface area contributed by atoms with Crippen LogP contribution in [0.3, 0.4) is 0 Å². The summed E-state index contributed by atoms with van der Waals surface area (Å²) < 4.78 is 5.63. The molecule has 2 heterocycles. The van der Waals surface area contributed by atoms with Gasteiger partial charge in [0.2, 0.25) is 5.88 Å². The Bertz CT molecular complexity index is 280. The van der Waals surface area contributed by atoms with Crippen molar-refractivity contribution in [1.29, 1.82) is 0 Å². The number of hydrogen-bond donors (Lipinski definition) is 1. The highest BCUT2D eigenvalue weighted by Gasteiger charge is 2.20. The Kier molecular flexibility index (Phi) is 1.96. The lowest BCUT2D eigenvalue weighted by Crippen LogP contribution is -2.18. The number of hydrogen-bond acceptors (Lipinski definition) is 4. The molecule has 2 N–H and O–H groups in total. The maximum absolute atomic E-state index is 5.51. The molecular formula is C7H10BrN3O. The second kappa shape index (κ2) is 2.97. The highest BCUT2D eigenvalue weighted by atomic mass is 79.9. The third-order valence-electron chi connectivity index (χ3n) is 2.05. The molecule has 5 heteroatoms. The van der Waals surface area contributed by atoms with Gasteiger partial charge in [-0.1, -0.05) is 5.16 Å². The number of nitrogens with zero attached hydrogens (tertiary/aromatic N) is 2. The summed E-state index contributed by atoms with van der Waals surface area (Å²) in [6.07, 6.45) is 2.44. The second-order valence-electron chi connectivity index (χ2n) is 2.88. The lowest BCUT2D eigenvalue weighted by atomic mass is 10.4. The van der Waals surface area contributed by atoms with Gasteiger partial charge in [0.15, 0.2) is 5.82 Å². The number of halogens is 1. The summed E-state index contributed by atoms with van der Waals surface area (Å²) in [5, 5.41) is 3.88. The van der Waals surface area contributed by atoms with Crippen LogP contribution >= 0.6 is 15.9 Å². The SMILES string of the molecule is Nc1onc(N2CCCC2)c1Br. The topological polar surface area (TPSA) is 55.3 Å². The second-order valence-corrected chi connectivity index (χ2v) is 3.67. The first-order chi connectivity index (χ1) is 5.79. The Labute approximate surface area is 78.8 Å². The monoisotopic (exact) mass is 231 g/mol. The van der Waals surface area contributed by atoms with Gasteiger partial charge in [-0.15, -0.1) is 0 Å². The number of aromatic nitrogens is 1. The van der Waals surface area contributed by atoms with Crippen molar-refractivity contribution in [2.75, 3.05) is 23.7 Å². The van der Waals surface area contributed by atoms with E-state index in [9.17, 15) is 0 Å². The van der Waals surface area contributed by atoms with E-state index in [-0.39, 0.29) is 0 Å². The van der Waals surface area contributed by atoms with E-state index in [1.165, 1.54) is 12.8 Å². The van der Waals surface area contributed by atoms with Crippen molar-refractivity contribution in [2.45, 2.75) is 12.8 Å². The van der Waals surface area contributed by atoms with Crippen molar-refractivity contribution >= 4 is 27.6 Å². The fraction of sp³-hybridized carbons (Fsp3) is 0.571. The van der Waals surface area contributed by atoms with Crippen molar-refractivity contribution in [3.8, 4) is 0 Å². The van der Waals surface area contributed by atoms with Gasteiger partial charge in [-0.3, -0.25) is 0 Å². The summed E-state index contributed by atoms with van der Waals surface area (Å²) in [7, 11) is 0. The van der Waals surface area contributed by atoms with E-state index in [2.05, 4.69) is 26.0 Å². The van der Waals surface area contributed by atoms with E-state index in [4.69, 9.17) is 10.3 Å². The molecule has 1 aromatic rings. The molecule has 0 atom stereocenters. The highest BCUT2D eigenvalue weighted by Crippen LogP contribution is 2.32. The molecule has 0 unspecified atom stereocenters. The van der Waals surface area contributed by atoms with Crippen molar-refractivity contribution in [1.82, 2.24) is 5.16 Å². The van der Waals surface area contributed by atoms with Crippen LogP contribution in [0.25, 0.3) is 0 Å². The molecule has 4 nitrogen and oxygen atoms in total. The summed E-state index contributed by atoms with van der Waals surface area (Å²) in [6, 6.07) is 0. The summed E-state index contributed by atoms with van der Waals surface area (Å²) in [6.45, 7) is 2.09. The molecule has 0 aliphatic carbocycles. The van der Waals surface area contributed by atoms with E-state index in [1.807, 2.05) is 0 Å². The predicted molar refractivity (Wildman–Crippen MR) is 50.1 cm³/mol. The molecule has 66 valence electrons. The zero-order valence-electron chi connectivity index (χ0n) is 6.59. The van der Waals surface area contributed by atoms with E-state index in [0.29, 0.717) is 5.88 Å². The molecule has 0 saturated carbocycles. The first-order valence-corrected chi connectivity index (χ1v) is 4.74. The standard InChI is InChI=1S/C7H10BrN3O/c8-5-6(9)12-10-7(5)11-3-1-2-4-11/h1-4,9H2. The number of rotatable bonds is 1. The van der Waals surface area contributed by atoms with Gasteiger partial charge in [0, 0.05) is 13.1 Å². The number of nitrogen functional groups attached to an aromatic ring is 1. The summed E-state index contributed by atoms with van der Waals surface area (Å²) in [4.78, 5) is 2.17. The third kappa shape index (κ3) is 1.18. The molecular weight excluding hydrogens is 222 g/mol. The Hall–Kier alpha value is -0.710. The molecule has 1 fully saturated rings. The Balaban J connectivity index is 2.26. The zero-order valence-corrected chi connectivity index (χ0v) is 8.17. The van der Waals surface area contributed by atoms with Crippen molar-refractivity contribution in [3.63, 3.8) is 0 Å². The molecule has 0 radical (unpaired) electrons. The molecule has 1 aliphatic heterocycles. The average molecular weight is 232 g/mol.